The molecule has 3 heterocycles. The third-order valence-electron chi connectivity index (χ3n) is 2.13. The van der Waals surface area contributed by atoms with Gasteiger partial charge in [0.1, 0.15) is 11.2 Å². The molecule has 0 amide bonds. The van der Waals surface area contributed by atoms with Gasteiger partial charge in [0.15, 0.2) is 0 Å². The number of aryl methyl sites for hydroxylation is 1. The van der Waals surface area contributed by atoms with Crippen molar-refractivity contribution in [2.75, 3.05) is 0 Å². The monoisotopic (exact) mass is 202 g/mol. The predicted octanol–water partition coefficient (Wildman–Crippen LogP) is 0.539. The van der Waals surface area contributed by atoms with Gasteiger partial charge < -0.3 is 4.42 Å². The second-order valence-electron chi connectivity index (χ2n) is 3.14. The van der Waals surface area contributed by atoms with Crippen molar-refractivity contribution in [2.24, 2.45) is 0 Å². The van der Waals surface area contributed by atoms with E-state index in [0.717, 1.165) is 0 Å². The first-order valence-corrected chi connectivity index (χ1v) is 4.35. The zero-order chi connectivity index (χ0) is 10.4. The average Bonchev–Trinajstić information content (AvgIpc) is 2.59. The standard InChI is InChI=1S/C9H6N4O2/c1-5-11-9-10-4-6-7(13(9)12-5)2-3-15-8(6)14/h2-4H,1H3. The van der Waals surface area contributed by atoms with Gasteiger partial charge in [-0.3, -0.25) is 0 Å². The fourth-order valence-electron chi connectivity index (χ4n) is 1.49. The molecule has 0 N–H and O–H groups in total. The Labute approximate surface area is 83.2 Å². The van der Waals surface area contributed by atoms with Gasteiger partial charge in [0, 0.05) is 12.3 Å². The van der Waals surface area contributed by atoms with Crippen LogP contribution in [-0.2, 0) is 0 Å². The van der Waals surface area contributed by atoms with Crippen molar-refractivity contribution in [1.29, 1.82) is 0 Å². The van der Waals surface area contributed by atoms with Crippen molar-refractivity contribution in [3.63, 3.8) is 0 Å². The van der Waals surface area contributed by atoms with Gasteiger partial charge in [-0.05, 0) is 6.92 Å². The van der Waals surface area contributed by atoms with Gasteiger partial charge in [0.2, 0.25) is 0 Å². The Morgan fingerprint density at radius 2 is 2.33 bits per heavy atom. The molecule has 0 fully saturated rings. The average molecular weight is 202 g/mol. The maximum atomic E-state index is 11.4. The molecule has 6 heteroatoms. The van der Waals surface area contributed by atoms with Crippen molar-refractivity contribution in [1.82, 2.24) is 19.6 Å². The highest BCUT2D eigenvalue weighted by Gasteiger charge is 2.07. The topological polar surface area (TPSA) is 73.3 Å². The Bertz CT molecular complexity index is 713. The Kier molecular flexibility index (Phi) is 1.42. The highest BCUT2D eigenvalue weighted by molar-refractivity contribution is 5.77. The summed E-state index contributed by atoms with van der Waals surface area (Å²) in [5.41, 5.74) is 0.229. The van der Waals surface area contributed by atoms with E-state index >= 15 is 0 Å². The first kappa shape index (κ1) is 8.10. The number of hydrogen-bond acceptors (Lipinski definition) is 5. The van der Waals surface area contributed by atoms with Crippen molar-refractivity contribution in [3.05, 3.63) is 34.8 Å². The zero-order valence-corrected chi connectivity index (χ0v) is 7.84. The van der Waals surface area contributed by atoms with Crippen molar-refractivity contribution >= 4 is 16.7 Å². The summed E-state index contributed by atoms with van der Waals surface area (Å²) in [6, 6.07) is 1.67. The van der Waals surface area contributed by atoms with Crippen LogP contribution >= 0.6 is 0 Å². The van der Waals surface area contributed by atoms with E-state index in [1.807, 2.05) is 0 Å². The maximum absolute atomic E-state index is 11.4. The number of rotatable bonds is 0. The quantitative estimate of drug-likeness (QED) is 0.532. The first-order valence-electron chi connectivity index (χ1n) is 4.35. The van der Waals surface area contributed by atoms with E-state index in [1.165, 1.54) is 17.0 Å². The van der Waals surface area contributed by atoms with E-state index in [9.17, 15) is 4.79 Å². The molecule has 0 aliphatic carbocycles. The van der Waals surface area contributed by atoms with Crippen LogP contribution in [-0.4, -0.2) is 19.6 Å². The van der Waals surface area contributed by atoms with Gasteiger partial charge in [-0.2, -0.15) is 9.50 Å². The van der Waals surface area contributed by atoms with Gasteiger partial charge in [-0.1, -0.05) is 0 Å². The Balaban J connectivity index is 2.65. The molecule has 0 saturated carbocycles. The third-order valence-corrected chi connectivity index (χ3v) is 2.13. The van der Waals surface area contributed by atoms with Crippen molar-refractivity contribution in [2.45, 2.75) is 6.92 Å². The maximum Gasteiger partial charge on any atom is 0.346 e. The minimum absolute atomic E-state index is 0.398. The summed E-state index contributed by atoms with van der Waals surface area (Å²) >= 11 is 0. The van der Waals surface area contributed by atoms with Crippen LogP contribution in [0, 0.1) is 6.92 Å². The summed E-state index contributed by atoms with van der Waals surface area (Å²) in [7, 11) is 0. The molecule has 0 bridgehead atoms. The largest absolute Gasteiger partial charge is 0.431 e. The summed E-state index contributed by atoms with van der Waals surface area (Å²) in [6.45, 7) is 1.77. The van der Waals surface area contributed by atoms with Gasteiger partial charge in [-0.25, -0.2) is 9.78 Å². The SMILES string of the molecule is Cc1nc2ncc3c(=O)occc3n2n1. The Hall–Kier alpha value is -2.24. The fourth-order valence-corrected chi connectivity index (χ4v) is 1.49. The molecular formula is C9H6N4O2. The van der Waals surface area contributed by atoms with Crippen LogP contribution in [0.1, 0.15) is 5.82 Å². The molecule has 3 aromatic heterocycles. The highest BCUT2D eigenvalue weighted by atomic mass is 16.4. The summed E-state index contributed by atoms with van der Waals surface area (Å²) in [6.07, 6.45) is 2.78. The lowest BCUT2D eigenvalue weighted by molar-refractivity contribution is 0.518. The van der Waals surface area contributed by atoms with Crippen LogP contribution in [0.4, 0.5) is 0 Å². The van der Waals surface area contributed by atoms with Crippen LogP contribution in [0.2, 0.25) is 0 Å². The lowest BCUT2D eigenvalue weighted by Gasteiger charge is -1.96. The molecule has 0 spiro atoms. The van der Waals surface area contributed by atoms with E-state index in [0.29, 0.717) is 22.5 Å². The minimum Gasteiger partial charge on any atom is -0.431 e. The molecule has 0 radical (unpaired) electrons. The molecule has 3 rings (SSSR count). The summed E-state index contributed by atoms with van der Waals surface area (Å²) < 4.78 is 6.27. The van der Waals surface area contributed by atoms with E-state index in [-0.39, 0.29) is 0 Å². The molecular weight excluding hydrogens is 196 g/mol. The highest BCUT2D eigenvalue weighted by Crippen LogP contribution is 2.09. The molecule has 74 valence electrons. The summed E-state index contributed by atoms with van der Waals surface area (Å²) in [4.78, 5) is 19.5. The molecule has 0 unspecified atom stereocenters. The summed E-state index contributed by atoms with van der Waals surface area (Å²) in [5.74, 6) is 1.09. The lowest BCUT2D eigenvalue weighted by Crippen LogP contribution is -2.03. The minimum atomic E-state index is -0.421. The number of aromatic nitrogens is 4. The van der Waals surface area contributed by atoms with Crippen LogP contribution in [0.25, 0.3) is 16.7 Å². The van der Waals surface area contributed by atoms with Gasteiger partial charge in [0.25, 0.3) is 5.78 Å². The van der Waals surface area contributed by atoms with E-state index < -0.39 is 5.63 Å². The van der Waals surface area contributed by atoms with Crippen molar-refractivity contribution in [3.8, 4) is 0 Å². The van der Waals surface area contributed by atoms with E-state index in [4.69, 9.17) is 4.42 Å². The van der Waals surface area contributed by atoms with Crippen molar-refractivity contribution < 1.29 is 4.42 Å². The van der Waals surface area contributed by atoms with Gasteiger partial charge in [-0.15, -0.1) is 5.10 Å². The Morgan fingerprint density at radius 1 is 1.47 bits per heavy atom. The first-order chi connectivity index (χ1) is 7.25. The normalized spacial score (nSPS) is 11.3. The smallest absolute Gasteiger partial charge is 0.346 e. The number of nitrogens with zero attached hydrogens (tertiary/aromatic N) is 4. The second kappa shape index (κ2) is 2.63. The van der Waals surface area contributed by atoms with E-state index in [2.05, 4.69) is 15.1 Å². The number of hydrogen-bond donors (Lipinski definition) is 0. The predicted molar refractivity (Wildman–Crippen MR) is 51.6 cm³/mol. The molecule has 15 heavy (non-hydrogen) atoms. The fraction of sp³-hybridized carbons (Fsp3) is 0.111. The zero-order valence-electron chi connectivity index (χ0n) is 7.84. The van der Waals surface area contributed by atoms with Crippen LogP contribution in [0.5, 0.6) is 0 Å². The van der Waals surface area contributed by atoms with E-state index in [1.54, 1.807) is 13.0 Å². The summed E-state index contributed by atoms with van der Waals surface area (Å²) in [5, 5.41) is 4.54. The second-order valence-corrected chi connectivity index (χ2v) is 3.14. The number of fused-ring (bicyclic) bond motifs is 3. The third kappa shape index (κ3) is 1.04. The molecule has 0 atom stereocenters. The van der Waals surface area contributed by atoms with Crippen LogP contribution < -0.4 is 5.63 Å². The Morgan fingerprint density at radius 3 is 3.20 bits per heavy atom. The lowest BCUT2D eigenvalue weighted by atomic mass is 10.3. The van der Waals surface area contributed by atoms with Crippen LogP contribution in [0.15, 0.2) is 27.7 Å². The molecule has 6 nitrogen and oxygen atoms in total. The molecule has 0 saturated heterocycles. The molecule has 0 aliphatic rings. The molecule has 0 aliphatic heterocycles. The van der Waals surface area contributed by atoms with Crippen LogP contribution in [0.3, 0.4) is 0 Å². The van der Waals surface area contributed by atoms with Gasteiger partial charge >= 0.3 is 5.63 Å². The van der Waals surface area contributed by atoms with Gasteiger partial charge in [0.05, 0.1) is 11.8 Å². The molecule has 0 aromatic carbocycles. The molecule has 3 aromatic rings.